The van der Waals surface area contributed by atoms with E-state index in [1.807, 2.05) is 6.92 Å². The average Bonchev–Trinajstić information content (AvgIpc) is 2.03. The van der Waals surface area contributed by atoms with Crippen LogP contribution in [0, 0.1) is 0 Å². The lowest BCUT2D eigenvalue weighted by atomic mass is 10.5. The summed E-state index contributed by atoms with van der Waals surface area (Å²) in [6, 6.07) is 0. The van der Waals surface area contributed by atoms with Gasteiger partial charge in [0.1, 0.15) is 0 Å². The zero-order chi connectivity index (χ0) is 8.36. The first-order chi connectivity index (χ1) is 5.41. The number of ether oxygens (including phenoxy) is 3. The monoisotopic (exact) mass is 162 g/mol. The topological polar surface area (TPSA) is 27.7 Å². The lowest BCUT2D eigenvalue weighted by Crippen LogP contribution is -2.06. The second-order valence-corrected chi connectivity index (χ2v) is 2.16. The Hall–Kier alpha value is -0.120. The van der Waals surface area contributed by atoms with Crippen LogP contribution in [0.5, 0.6) is 0 Å². The molecule has 0 radical (unpaired) electrons. The van der Waals surface area contributed by atoms with Crippen molar-refractivity contribution in [2.45, 2.75) is 13.3 Å². The van der Waals surface area contributed by atoms with Gasteiger partial charge in [-0.25, -0.2) is 0 Å². The predicted molar refractivity (Wildman–Crippen MR) is 43.8 cm³/mol. The van der Waals surface area contributed by atoms with E-state index in [-0.39, 0.29) is 0 Å². The van der Waals surface area contributed by atoms with E-state index < -0.39 is 0 Å². The molecular formula is C8H18O3. The standard InChI is InChI=1S/C8H18O3/c1-3-10-7-8-11-6-4-5-9-2/h3-8H2,1-2H3. The second kappa shape index (κ2) is 9.88. The van der Waals surface area contributed by atoms with E-state index in [1.54, 1.807) is 7.11 Å². The fourth-order valence-electron chi connectivity index (χ4n) is 0.670. The molecule has 0 unspecified atom stereocenters. The van der Waals surface area contributed by atoms with Crippen LogP contribution >= 0.6 is 0 Å². The van der Waals surface area contributed by atoms with Gasteiger partial charge in [0.05, 0.1) is 13.2 Å². The van der Waals surface area contributed by atoms with Gasteiger partial charge in [-0.2, -0.15) is 0 Å². The van der Waals surface area contributed by atoms with E-state index >= 15 is 0 Å². The Balaban J connectivity index is 2.69. The van der Waals surface area contributed by atoms with Crippen molar-refractivity contribution in [3.63, 3.8) is 0 Å². The summed E-state index contributed by atoms with van der Waals surface area (Å²) in [6.07, 6.45) is 0.961. The van der Waals surface area contributed by atoms with Gasteiger partial charge in [0.25, 0.3) is 0 Å². The zero-order valence-corrected chi connectivity index (χ0v) is 7.47. The summed E-state index contributed by atoms with van der Waals surface area (Å²) in [5.41, 5.74) is 0. The summed E-state index contributed by atoms with van der Waals surface area (Å²) in [5.74, 6) is 0. The zero-order valence-electron chi connectivity index (χ0n) is 7.47. The molecule has 0 rings (SSSR count). The van der Waals surface area contributed by atoms with Crippen molar-refractivity contribution in [1.82, 2.24) is 0 Å². The van der Waals surface area contributed by atoms with Gasteiger partial charge in [-0.3, -0.25) is 0 Å². The Bertz CT molecular complexity index is 58.4. The van der Waals surface area contributed by atoms with Crippen molar-refractivity contribution in [2.24, 2.45) is 0 Å². The maximum absolute atomic E-state index is 5.23. The van der Waals surface area contributed by atoms with E-state index in [0.717, 1.165) is 26.2 Å². The molecule has 0 aromatic heterocycles. The first-order valence-corrected chi connectivity index (χ1v) is 4.06. The third-order valence-electron chi connectivity index (χ3n) is 1.21. The summed E-state index contributed by atoms with van der Waals surface area (Å²) < 4.78 is 15.2. The van der Waals surface area contributed by atoms with Crippen molar-refractivity contribution in [2.75, 3.05) is 40.1 Å². The highest BCUT2D eigenvalue weighted by molar-refractivity contribution is 4.33. The van der Waals surface area contributed by atoms with Crippen LogP contribution in [0.1, 0.15) is 13.3 Å². The Morgan fingerprint density at radius 3 is 2.27 bits per heavy atom. The molecule has 0 aliphatic carbocycles. The van der Waals surface area contributed by atoms with Gasteiger partial charge in [-0.05, 0) is 13.3 Å². The highest BCUT2D eigenvalue weighted by Crippen LogP contribution is 1.83. The first kappa shape index (κ1) is 10.9. The highest BCUT2D eigenvalue weighted by Gasteiger charge is 1.87. The summed E-state index contributed by atoms with van der Waals surface area (Å²) in [5, 5.41) is 0. The van der Waals surface area contributed by atoms with Crippen LogP contribution in [0.4, 0.5) is 0 Å². The van der Waals surface area contributed by atoms with Gasteiger partial charge in [0.15, 0.2) is 0 Å². The fourth-order valence-corrected chi connectivity index (χ4v) is 0.670. The lowest BCUT2D eigenvalue weighted by molar-refractivity contribution is 0.0441. The lowest BCUT2D eigenvalue weighted by Gasteiger charge is -2.03. The molecule has 0 bridgehead atoms. The van der Waals surface area contributed by atoms with Crippen LogP contribution in [0.2, 0.25) is 0 Å². The minimum absolute atomic E-state index is 0.692. The minimum Gasteiger partial charge on any atom is -0.385 e. The summed E-state index contributed by atoms with van der Waals surface area (Å²) in [4.78, 5) is 0. The van der Waals surface area contributed by atoms with Gasteiger partial charge in [0.2, 0.25) is 0 Å². The molecule has 0 heterocycles. The van der Waals surface area contributed by atoms with Crippen molar-refractivity contribution in [3.8, 4) is 0 Å². The Morgan fingerprint density at radius 2 is 1.64 bits per heavy atom. The number of rotatable bonds is 8. The molecule has 3 heteroatoms. The maximum Gasteiger partial charge on any atom is 0.0700 e. The van der Waals surface area contributed by atoms with Crippen molar-refractivity contribution in [3.05, 3.63) is 0 Å². The molecule has 0 spiro atoms. The predicted octanol–water partition coefficient (Wildman–Crippen LogP) is 1.08. The Kier molecular flexibility index (Phi) is 9.77. The summed E-state index contributed by atoms with van der Waals surface area (Å²) in [7, 11) is 1.69. The van der Waals surface area contributed by atoms with E-state index in [2.05, 4.69) is 0 Å². The van der Waals surface area contributed by atoms with Crippen molar-refractivity contribution < 1.29 is 14.2 Å². The summed E-state index contributed by atoms with van der Waals surface area (Å²) in [6.45, 7) is 5.67. The van der Waals surface area contributed by atoms with Gasteiger partial charge < -0.3 is 14.2 Å². The fraction of sp³-hybridized carbons (Fsp3) is 1.00. The molecule has 0 N–H and O–H groups in total. The van der Waals surface area contributed by atoms with Crippen LogP contribution in [0.3, 0.4) is 0 Å². The molecule has 0 fully saturated rings. The van der Waals surface area contributed by atoms with E-state index in [4.69, 9.17) is 14.2 Å². The van der Waals surface area contributed by atoms with Gasteiger partial charge in [-0.15, -0.1) is 0 Å². The Morgan fingerprint density at radius 1 is 0.909 bits per heavy atom. The first-order valence-electron chi connectivity index (χ1n) is 4.06. The molecule has 0 atom stereocenters. The van der Waals surface area contributed by atoms with Gasteiger partial charge in [0, 0.05) is 26.9 Å². The Labute approximate surface area is 68.6 Å². The van der Waals surface area contributed by atoms with Crippen LogP contribution < -0.4 is 0 Å². The van der Waals surface area contributed by atoms with Crippen LogP contribution in [-0.4, -0.2) is 40.1 Å². The SMILES string of the molecule is CCOCCOCCCOC. The van der Waals surface area contributed by atoms with Crippen molar-refractivity contribution in [1.29, 1.82) is 0 Å². The molecule has 0 amide bonds. The molecule has 11 heavy (non-hydrogen) atoms. The van der Waals surface area contributed by atoms with Crippen LogP contribution in [0.25, 0.3) is 0 Å². The van der Waals surface area contributed by atoms with E-state index in [0.29, 0.717) is 13.2 Å². The van der Waals surface area contributed by atoms with Gasteiger partial charge in [-0.1, -0.05) is 0 Å². The second-order valence-electron chi connectivity index (χ2n) is 2.16. The normalized spacial score (nSPS) is 10.4. The van der Waals surface area contributed by atoms with Crippen LogP contribution in [-0.2, 0) is 14.2 Å². The molecule has 0 aromatic rings. The third-order valence-corrected chi connectivity index (χ3v) is 1.21. The molecular weight excluding hydrogens is 144 g/mol. The average molecular weight is 162 g/mol. The van der Waals surface area contributed by atoms with Gasteiger partial charge >= 0.3 is 0 Å². The quantitative estimate of drug-likeness (QED) is 0.500. The highest BCUT2D eigenvalue weighted by atomic mass is 16.5. The minimum atomic E-state index is 0.692. The van der Waals surface area contributed by atoms with E-state index in [9.17, 15) is 0 Å². The molecule has 0 aromatic carbocycles. The molecule has 68 valence electrons. The smallest absolute Gasteiger partial charge is 0.0700 e. The largest absolute Gasteiger partial charge is 0.385 e. The van der Waals surface area contributed by atoms with Crippen LogP contribution in [0.15, 0.2) is 0 Å². The third kappa shape index (κ3) is 9.88. The molecule has 0 aliphatic rings. The molecule has 3 nitrogen and oxygen atoms in total. The molecule has 0 saturated carbocycles. The maximum atomic E-state index is 5.23. The molecule has 0 saturated heterocycles. The number of hydrogen-bond acceptors (Lipinski definition) is 3. The number of hydrogen-bond donors (Lipinski definition) is 0. The van der Waals surface area contributed by atoms with Crippen molar-refractivity contribution >= 4 is 0 Å². The van der Waals surface area contributed by atoms with E-state index in [1.165, 1.54) is 0 Å². The molecule has 0 aliphatic heterocycles. The summed E-state index contributed by atoms with van der Waals surface area (Å²) >= 11 is 0. The number of methoxy groups -OCH3 is 1.